The Kier molecular flexibility index (Phi) is 3.25. The fraction of sp³-hybridized carbons (Fsp3) is 0.0833. The second-order valence-electron chi connectivity index (χ2n) is 3.37. The number of methoxy groups -OCH3 is 1. The molecule has 0 atom stereocenters. The minimum atomic E-state index is 0.143. The van der Waals surface area contributed by atoms with Crippen LogP contribution < -0.4 is 15.2 Å². The van der Waals surface area contributed by atoms with Gasteiger partial charge < -0.3 is 15.2 Å². The van der Waals surface area contributed by atoms with Gasteiger partial charge in [0.2, 0.25) is 0 Å². The Bertz CT molecular complexity index is 607. The van der Waals surface area contributed by atoms with Crippen molar-refractivity contribution in [3.8, 4) is 23.4 Å². The summed E-state index contributed by atoms with van der Waals surface area (Å²) < 4.78 is 10.5. The Morgan fingerprint density at radius 3 is 2.83 bits per heavy atom. The molecule has 2 N–H and O–H groups in total. The van der Waals surface area contributed by atoms with Crippen LogP contribution in [0.1, 0.15) is 5.56 Å². The third-order valence-electron chi connectivity index (χ3n) is 2.22. The normalized spacial score (nSPS) is 9.56. The van der Waals surface area contributed by atoms with Gasteiger partial charge in [-0.15, -0.1) is 5.10 Å². The van der Waals surface area contributed by atoms with E-state index in [1.165, 1.54) is 19.4 Å². The van der Waals surface area contributed by atoms with Gasteiger partial charge in [0.15, 0.2) is 0 Å². The van der Waals surface area contributed by atoms with E-state index in [0.29, 0.717) is 22.7 Å². The zero-order valence-electron chi connectivity index (χ0n) is 9.62. The van der Waals surface area contributed by atoms with Crippen molar-refractivity contribution in [2.75, 3.05) is 12.8 Å². The van der Waals surface area contributed by atoms with E-state index >= 15 is 0 Å². The predicted molar refractivity (Wildman–Crippen MR) is 64.2 cm³/mol. The van der Waals surface area contributed by atoms with Crippen LogP contribution >= 0.6 is 0 Å². The van der Waals surface area contributed by atoms with E-state index in [0.717, 1.165) is 0 Å². The highest BCUT2D eigenvalue weighted by atomic mass is 16.5. The maximum Gasteiger partial charge on any atom is 0.256 e. The summed E-state index contributed by atoms with van der Waals surface area (Å²) >= 11 is 0. The SMILES string of the molecule is COc1ccc(Oc2nnccc2C#N)cc1N. The molecule has 0 bridgehead atoms. The van der Waals surface area contributed by atoms with Gasteiger partial charge in [-0.25, -0.2) is 0 Å². The predicted octanol–water partition coefficient (Wildman–Crippen LogP) is 1.73. The molecule has 0 unspecified atom stereocenters. The standard InChI is InChI=1S/C12H10N4O2/c1-17-11-3-2-9(6-10(11)14)18-12-8(7-13)4-5-15-16-12/h2-6H,14H2,1H3. The minimum Gasteiger partial charge on any atom is -0.495 e. The maximum absolute atomic E-state index is 8.89. The van der Waals surface area contributed by atoms with Crippen LogP contribution in [0.4, 0.5) is 5.69 Å². The van der Waals surface area contributed by atoms with Gasteiger partial charge >= 0.3 is 0 Å². The van der Waals surface area contributed by atoms with Crippen molar-refractivity contribution in [3.05, 3.63) is 36.0 Å². The van der Waals surface area contributed by atoms with Crippen LogP contribution in [0.3, 0.4) is 0 Å². The summed E-state index contributed by atoms with van der Waals surface area (Å²) in [5, 5.41) is 16.3. The fourth-order valence-corrected chi connectivity index (χ4v) is 1.37. The highest BCUT2D eigenvalue weighted by Gasteiger charge is 2.08. The molecule has 1 aromatic carbocycles. The Morgan fingerprint density at radius 2 is 2.17 bits per heavy atom. The van der Waals surface area contributed by atoms with Crippen LogP contribution in [-0.4, -0.2) is 17.3 Å². The van der Waals surface area contributed by atoms with Gasteiger partial charge in [0.25, 0.3) is 5.88 Å². The van der Waals surface area contributed by atoms with Gasteiger partial charge in [0.1, 0.15) is 23.1 Å². The summed E-state index contributed by atoms with van der Waals surface area (Å²) in [6.45, 7) is 0. The van der Waals surface area contributed by atoms with Crippen LogP contribution in [0.2, 0.25) is 0 Å². The number of ether oxygens (including phenoxy) is 2. The molecular weight excluding hydrogens is 232 g/mol. The lowest BCUT2D eigenvalue weighted by molar-refractivity contribution is 0.414. The third kappa shape index (κ3) is 2.30. The van der Waals surface area contributed by atoms with E-state index in [2.05, 4.69) is 10.2 Å². The molecule has 0 amide bonds. The maximum atomic E-state index is 8.89. The summed E-state index contributed by atoms with van der Waals surface area (Å²) in [6, 6.07) is 8.43. The monoisotopic (exact) mass is 242 g/mol. The quantitative estimate of drug-likeness (QED) is 0.823. The third-order valence-corrected chi connectivity index (χ3v) is 2.22. The Hall–Kier alpha value is -2.81. The van der Waals surface area contributed by atoms with Gasteiger partial charge in [-0.3, -0.25) is 0 Å². The number of rotatable bonds is 3. The molecular formula is C12H10N4O2. The Balaban J connectivity index is 2.29. The average Bonchev–Trinajstić information content (AvgIpc) is 2.39. The van der Waals surface area contributed by atoms with E-state index in [1.807, 2.05) is 6.07 Å². The molecule has 0 fully saturated rings. The first-order valence-corrected chi connectivity index (χ1v) is 5.07. The van der Waals surface area contributed by atoms with Gasteiger partial charge in [-0.1, -0.05) is 0 Å². The van der Waals surface area contributed by atoms with E-state index < -0.39 is 0 Å². The molecule has 1 aromatic heterocycles. The number of nitrogens with two attached hydrogens (primary N) is 1. The number of nitrogen functional groups attached to an aromatic ring is 1. The van der Waals surface area contributed by atoms with E-state index in [4.69, 9.17) is 20.5 Å². The summed E-state index contributed by atoms with van der Waals surface area (Å²) in [4.78, 5) is 0. The van der Waals surface area contributed by atoms with E-state index in [1.54, 1.807) is 18.2 Å². The van der Waals surface area contributed by atoms with E-state index in [-0.39, 0.29) is 5.88 Å². The molecule has 0 aliphatic heterocycles. The molecule has 2 rings (SSSR count). The lowest BCUT2D eigenvalue weighted by Crippen LogP contribution is -1.96. The van der Waals surface area contributed by atoms with Gasteiger partial charge in [0.05, 0.1) is 19.0 Å². The lowest BCUT2D eigenvalue weighted by atomic mass is 10.3. The second-order valence-corrected chi connectivity index (χ2v) is 3.37. The minimum absolute atomic E-state index is 0.143. The Labute approximate surface area is 104 Å². The van der Waals surface area contributed by atoms with Gasteiger partial charge in [-0.2, -0.15) is 10.4 Å². The van der Waals surface area contributed by atoms with Crippen LogP contribution in [0.25, 0.3) is 0 Å². The molecule has 18 heavy (non-hydrogen) atoms. The summed E-state index contributed by atoms with van der Waals surface area (Å²) in [5.41, 5.74) is 6.50. The smallest absolute Gasteiger partial charge is 0.256 e. The first kappa shape index (κ1) is 11.7. The van der Waals surface area contributed by atoms with Crippen LogP contribution in [0, 0.1) is 11.3 Å². The number of nitrogens with zero attached hydrogens (tertiary/aromatic N) is 3. The molecule has 0 saturated carbocycles. The molecule has 2 aromatic rings. The molecule has 0 spiro atoms. The van der Waals surface area contributed by atoms with Crippen molar-refractivity contribution in [2.24, 2.45) is 0 Å². The molecule has 0 saturated heterocycles. The Morgan fingerprint density at radius 1 is 1.33 bits per heavy atom. The molecule has 6 nitrogen and oxygen atoms in total. The number of benzene rings is 1. The van der Waals surface area contributed by atoms with Crippen molar-refractivity contribution < 1.29 is 9.47 Å². The van der Waals surface area contributed by atoms with Crippen LogP contribution in [-0.2, 0) is 0 Å². The average molecular weight is 242 g/mol. The number of nitriles is 1. The summed E-state index contributed by atoms with van der Waals surface area (Å²) in [5.74, 6) is 1.16. The lowest BCUT2D eigenvalue weighted by Gasteiger charge is -2.08. The topological polar surface area (TPSA) is 94.0 Å². The number of hydrogen-bond donors (Lipinski definition) is 1. The van der Waals surface area contributed by atoms with Crippen molar-refractivity contribution in [2.45, 2.75) is 0 Å². The molecule has 0 aliphatic carbocycles. The van der Waals surface area contributed by atoms with Crippen molar-refractivity contribution in [1.82, 2.24) is 10.2 Å². The largest absolute Gasteiger partial charge is 0.495 e. The van der Waals surface area contributed by atoms with Crippen molar-refractivity contribution in [1.29, 1.82) is 5.26 Å². The molecule has 6 heteroatoms. The summed E-state index contributed by atoms with van der Waals surface area (Å²) in [7, 11) is 1.53. The highest BCUT2D eigenvalue weighted by molar-refractivity contribution is 5.56. The highest BCUT2D eigenvalue weighted by Crippen LogP contribution is 2.29. The molecule has 0 aliphatic rings. The molecule has 1 heterocycles. The number of aromatic nitrogens is 2. The van der Waals surface area contributed by atoms with Crippen LogP contribution in [0.15, 0.2) is 30.5 Å². The molecule has 0 radical (unpaired) electrons. The first-order valence-electron chi connectivity index (χ1n) is 5.07. The summed E-state index contributed by atoms with van der Waals surface area (Å²) in [6.07, 6.45) is 1.42. The zero-order valence-corrected chi connectivity index (χ0v) is 9.62. The molecule has 90 valence electrons. The van der Waals surface area contributed by atoms with Crippen LogP contribution in [0.5, 0.6) is 17.4 Å². The van der Waals surface area contributed by atoms with Crippen molar-refractivity contribution >= 4 is 5.69 Å². The number of hydrogen-bond acceptors (Lipinski definition) is 6. The second kappa shape index (κ2) is 5.01. The first-order chi connectivity index (χ1) is 8.74. The number of anilines is 1. The fourth-order valence-electron chi connectivity index (χ4n) is 1.37. The van der Waals surface area contributed by atoms with Gasteiger partial charge in [-0.05, 0) is 18.2 Å². The van der Waals surface area contributed by atoms with E-state index in [9.17, 15) is 0 Å². The van der Waals surface area contributed by atoms with Gasteiger partial charge in [0, 0.05) is 6.07 Å². The zero-order chi connectivity index (χ0) is 13.0. The van der Waals surface area contributed by atoms with Crippen molar-refractivity contribution in [3.63, 3.8) is 0 Å².